The lowest BCUT2D eigenvalue weighted by atomic mass is 9.72. The van der Waals surface area contributed by atoms with Crippen LogP contribution < -0.4 is 5.32 Å². The van der Waals surface area contributed by atoms with Gasteiger partial charge in [-0.2, -0.15) is 0 Å². The van der Waals surface area contributed by atoms with Crippen molar-refractivity contribution in [2.24, 2.45) is 5.92 Å². The molecule has 0 spiro atoms. The summed E-state index contributed by atoms with van der Waals surface area (Å²) >= 11 is 0. The number of H-pyrrole nitrogens is 1. The maximum atomic E-state index is 12.7. The molecule has 2 aromatic rings. The fourth-order valence-corrected chi connectivity index (χ4v) is 5.88. The molecule has 2 fully saturated rings. The Morgan fingerprint density at radius 3 is 3.07 bits per heavy atom. The van der Waals surface area contributed by atoms with E-state index in [0.717, 1.165) is 45.2 Å². The SMILES string of the molecule is CN1CC(COC(=O)C2CCCCCCN2)C[C@H]2c3cccc4[nH]cc(c34)C[C@@H]21. The fourth-order valence-electron chi connectivity index (χ4n) is 5.88. The summed E-state index contributed by atoms with van der Waals surface area (Å²) in [5, 5.41) is 4.83. The molecule has 2 saturated heterocycles. The van der Waals surface area contributed by atoms with Crippen LogP contribution in [0.25, 0.3) is 10.9 Å². The van der Waals surface area contributed by atoms with Crippen LogP contribution in [0.2, 0.25) is 0 Å². The summed E-state index contributed by atoms with van der Waals surface area (Å²) in [5.74, 6) is 0.869. The van der Waals surface area contributed by atoms with Crippen LogP contribution in [0.3, 0.4) is 0 Å². The summed E-state index contributed by atoms with van der Waals surface area (Å²) in [4.78, 5) is 18.6. The zero-order valence-corrected chi connectivity index (χ0v) is 17.5. The number of fused-ring (bicyclic) bond motifs is 2. The predicted molar refractivity (Wildman–Crippen MR) is 115 cm³/mol. The predicted octanol–water partition coefficient (Wildman–Crippen LogP) is 3.59. The second kappa shape index (κ2) is 8.11. The third-order valence-corrected chi connectivity index (χ3v) is 7.37. The zero-order chi connectivity index (χ0) is 19.8. The van der Waals surface area contributed by atoms with E-state index in [9.17, 15) is 4.79 Å². The normalized spacial score (nSPS) is 30.4. The van der Waals surface area contributed by atoms with Crippen molar-refractivity contribution in [1.82, 2.24) is 15.2 Å². The summed E-state index contributed by atoms with van der Waals surface area (Å²) in [6, 6.07) is 7.08. The average Bonchev–Trinajstić information content (AvgIpc) is 3.11. The molecular weight excluding hydrogens is 362 g/mol. The van der Waals surface area contributed by atoms with E-state index in [2.05, 4.69) is 46.6 Å². The van der Waals surface area contributed by atoms with Gasteiger partial charge in [0.2, 0.25) is 0 Å². The minimum Gasteiger partial charge on any atom is -0.464 e. The lowest BCUT2D eigenvalue weighted by Gasteiger charge is -2.45. The highest BCUT2D eigenvalue weighted by molar-refractivity contribution is 5.88. The van der Waals surface area contributed by atoms with Crippen LogP contribution in [0.4, 0.5) is 0 Å². The molecule has 5 rings (SSSR count). The smallest absolute Gasteiger partial charge is 0.323 e. The van der Waals surface area contributed by atoms with E-state index >= 15 is 0 Å². The molecule has 1 aromatic carbocycles. The molecule has 156 valence electrons. The number of aromatic nitrogens is 1. The van der Waals surface area contributed by atoms with E-state index < -0.39 is 0 Å². The number of nitrogens with one attached hydrogen (secondary N) is 2. The minimum absolute atomic E-state index is 0.0460. The highest BCUT2D eigenvalue weighted by Gasteiger charge is 2.39. The molecule has 2 aliphatic heterocycles. The molecule has 2 N–H and O–H groups in total. The van der Waals surface area contributed by atoms with Crippen LogP contribution in [0.5, 0.6) is 0 Å². The average molecular weight is 396 g/mol. The maximum absolute atomic E-state index is 12.7. The molecule has 4 atom stereocenters. The Kier molecular flexibility index (Phi) is 5.35. The number of likely N-dealkylation sites (N-methyl/N-ethyl adjacent to an activating group) is 1. The molecule has 2 unspecified atom stereocenters. The molecule has 3 aliphatic rings. The number of esters is 1. The second-order valence-corrected chi connectivity index (χ2v) is 9.34. The van der Waals surface area contributed by atoms with Gasteiger partial charge in [0, 0.05) is 41.5 Å². The number of carbonyl (C=O) groups excluding carboxylic acids is 1. The van der Waals surface area contributed by atoms with E-state index in [1.54, 1.807) is 0 Å². The first-order valence-corrected chi connectivity index (χ1v) is 11.4. The number of ether oxygens (including phenoxy) is 1. The van der Waals surface area contributed by atoms with Crippen molar-refractivity contribution in [3.05, 3.63) is 35.5 Å². The van der Waals surface area contributed by atoms with Gasteiger partial charge in [-0.3, -0.25) is 4.79 Å². The molecular formula is C24H33N3O2. The van der Waals surface area contributed by atoms with Crippen molar-refractivity contribution in [3.63, 3.8) is 0 Å². The molecule has 1 aliphatic carbocycles. The Morgan fingerprint density at radius 2 is 2.14 bits per heavy atom. The fraction of sp³-hybridized carbons (Fsp3) is 0.625. The number of benzene rings is 1. The monoisotopic (exact) mass is 395 g/mol. The van der Waals surface area contributed by atoms with E-state index in [0.29, 0.717) is 24.5 Å². The van der Waals surface area contributed by atoms with Gasteiger partial charge in [-0.25, -0.2) is 0 Å². The zero-order valence-electron chi connectivity index (χ0n) is 17.5. The number of aromatic amines is 1. The van der Waals surface area contributed by atoms with Gasteiger partial charge in [-0.1, -0.05) is 31.4 Å². The van der Waals surface area contributed by atoms with Crippen LogP contribution in [-0.2, 0) is 16.0 Å². The minimum atomic E-state index is -0.116. The lowest BCUT2D eigenvalue weighted by molar-refractivity contribution is -0.148. The highest BCUT2D eigenvalue weighted by atomic mass is 16.5. The molecule has 29 heavy (non-hydrogen) atoms. The molecule has 5 heteroatoms. The van der Waals surface area contributed by atoms with Crippen LogP contribution >= 0.6 is 0 Å². The van der Waals surface area contributed by atoms with Gasteiger partial charge in [0.05, 0.1) is 6.61 Å². The number of likely N-dealkylation sites (tertiary alicyclic amines) is 1. The summed E-state index contributed by atoms with van der Waals surface area (Å²) in [6.45, 7) is 2.47. The van der Waals surface area contributed by atoms with Gasteiger partial charge >= 0.3 is 5.97 Å². The quantitative estimate of drug-likeness (QED) is 0.780. The van der Waals surface area contributed by atoms with Gasteiger partial charge in [0.25, 0.3) is 0 Å². The number of hydrogen-bond acceptors (Lipinski definition) is 4. The molecule has 0 bridgehead atoms. The first-order chi connectivity index (χ1) is 14.2. The van der Waals surface area contributed by atoms with E-state index in [1.165, 1.54) is 34.9 Å². The van der Waals surface area contributed by atoms with Crippen molar-refractivity contribution in [1.29, 1.82) is 0 Å². The summed E-state index contributed by atoms with van der Waals surface area (Å²) in [5.41, 5.74) is 4.17. The molecule has 0 saturated carbocycles. The van der Waals surface area contributed by atoms with E-state index in [-0.39, 0.29) is 12.0 Å². The third kappa shape index (κ3) is 3.71. The van der Waals surface area contributed by atoms with Crippen molar-refractivity contribution in [3.8, 4) is 0 Å². The van der Waals surface area contributed by atoms with Crippen LogP contribution in [0.15, 0.2) is 24.4 Å². The van der Waals surface area contributed by atoms with Crippen LogP contribution in [0, 0.1) is 5.92 Å². The van der Waals surface area contributed by atoms with E-state index in [1.807, 2.05) is 0 Å². The van der Waals surface area contributed by atoms with Gasteiger partial charge in [-0.05, 0) is 56.5 Å². The van der Waals surface area contributed by atoms with Crippen LogP contribution in [0.1, 0.15) is 55.6 Å². The van der Waals surface area contributed by atoms with Gasteiger partial charge in [0.15, 0.2) is 0 Å². The van der Waals surface area contributed by atoms with Gasteiger partial charge < -0.3 is 19.9 Å². The molecule has 3 heterocycles. The maximum Gasteiger partial charge on any atom is 0.323 e. The van der Waals surface area contributed by atoms with Crippen molar-refractivity contribution < 1.29 is 9.53 Å². The number of piperidine rings is 1. The Hall–Kier alpha value is -1.85. The Labute approximate surface area is 173 Å². The number of nitrogens with zero attached hydrogens (tertiary/aromatic N) is 1. The summed E-state index contributed by atoms with van der Waals surface area (Å²) in [7, 11) is 2.24. The lowest BCUT2D eigenvalue weighted by Crippen LogP contribution is -2.49. The van der Waals surface area contributed by atoms with E-state index in [4.69, 9.17) is 4.74 Å². The van der Waals surface area contributed by atoms with Gasteiger partial charge in [0.1, 0.15) is 6.04 Å². The van der Waals surface area contributed by atoms with Crippen molar-refractivity contribution in [2.45, 2.75) is 62.9 Å². The van der Waals surface area contributed by atoms with Crippen molar-refractivity contribution in [2.75, 3.05) is 26.7 Å². The molecule has 0 radical (unpaired) electrons. The summed E-state index contributed by atoms with van der Waals surface area (Å²) in [6.07, 6.45) is 10.1. The molecule has 0 amide bonds. The molecule has 1 aromatic heterocycles. The highest BCUT2D eigenvalue weighted by Crippen LogP contribution is 2.44. The number of rotatable bonds is 3. The third-order valence-electron chi connectivity index (χ3n) is 7.37. The number of hydrogen-bond donors (Lipinski definition) is 2. The standard InChI is InChI=1S/C24H33N3O2/c1-27-14-16(15-29-24(28)21-8-4-2-3-5-10-25-21)11-19-18-7-6-9-20-23(18)17(13-26-20)12-22(19)27/h6-7,9,13,16,19,21-22,25-26H,2-5,8,10-12,14-15H2,1H3/t16?,19-,21?,22-/m0/s1. The Balaban J connectivity index is 1.26. The number of carbonyl (C=O) groups is 1. The topological polar surface area (TPSA) is 57.4 Å². The largest absolute Gasteiger partial charge is 0.464 e. The summed E-state index contributed by atoms with van der Waals surface area (Å²) < 4.78 is 5.84. The Morgan fingerprint density at radius 1 is 1.24 bits per heavy atom. The van der Waals surface area contributed by atoms with Gasteiger partial charge in [-0.15, -0.1) is 0 Å². The second-order valence-electron chi connectivity index (χ2n) is 9.34. The molecule has 5 nitrogen and oxygen atoms in total. The first-order valence-electron chi connectivity index (χ1n) is 11.4. The Bertz CT molecular complexity index is 868. The first kappa shape index (κ1) is 19.1. The van der Waals surface area contributed by atoms with Crippen molar-refractivity contribution >= 4 is 16.9 Å². The van der Waals surface area contributed by atoms with Crippen LogP contribution in [-0.4, -0.2) is 54.7 Å².